The fourth-order valence-electron chi connectivity index (χ4n) is 3.07. The first-order chi connectivity index (χ1) is 11.5. The monoisotopic (exact) mass is 443 g/mol. The van der Waals surface area contributed by atoms with Crippen molar-refractivity contribution in [3.05, 3.63) is 74.7 Å². The molecule has 0 fully saturated rings. The lowest BCUT2D eigenvalue weighted by molar-refractivity contribution is 0.476. The van der Waals surface area contributed by atoms with E-state index in [2.05, 4.69) is 80.9 Å². The van der Waals surface area contributed by atoms with E-state index < -0.39 is 0 Å². The zero-order chi connectivity index (χ0) is 16.8. The first-order valence-electron chi connectivity index (χ1n) is 7.67. The van der Waals surface area contributed by atoms with Gasteiger partial charge in [0.25, 0.3) is 0 Å². The number of rotatable bonds is 1. The van der Waals surface area contributed by atoms with Crippen molar-refractivity contribution in [2.24, 2.45) is 0 Å². The summed E-state index contributed by atoms with van der Waals surface area (Å²) in [6, 6.07) is 18.8. The van der Waals surface area contributed by atoms with Gasteiger partial charge in [-0.1, -0.05) is 49.6 Å². The van der Waals surface area contributed by atoms with E-state index in [0.717, 1.165) is 37.5 Å². The standard InChI is InChI=1S/C20H15Br2NO/c1-12-3-6-16(13(2)9-12)23-17-7-4-14(21)10-19(17)24-20-11-15(22)5-8-18(20)23/h3-11H,1-2H3. The van der Waals surface area contributed by atoms with Crippen molar-refractivity contribution in [2.75, 3.05) is 4.90 Å². The fourth-order valence-corrected chi connectivity index (χ4v) is 3.75. The van der Waals surface area contributed by atoms with Crippen LogP contribution in [0, 0.1) is 13.8 Å². The van der Waals surface area contributed by atoms with Crippen molar-refractivity contribution >= 4 is 48.9 Å². The molecular formula is C20H15Br2NO. The van der Waals surface area contributed by atoms with Crippen molar-refractivity contribution in [1.29, 1.82) is 0 Å². The molecule has 4 heteroatoms. The lowest BCUT2D eigenvalue weighted by atomic mass is 10.1. The number of hydrogen-bond acceptors (Lipinski definition) is 2. The normalized spacial score (nSPS) is 12.4. The number of aryl methyl sites for hydroxylation is 2. The molecule has 0 atom stereocenters. The highest BCUT2D eigenvalue weighted by Crippen LogP contribution is 2.52. The molecule has 1 heterocycles. The quantitative estimate of drug-likeness (QED) is 0.303. The highest BCUT2D eigenvalue weighted by molar-refractivity contribution is 9.10. The lowest BCUT2D eigenvalue weighted by Crippen LogP contribution is -2.16. The Morgan fingerprint density at radius 1 is 0.708 bits per heavy atom. The van der Waals surface area contributed by atoms with E-state index in [0.29, 0.717) is 0 Å². The SMILES string of the molecule is Cc1ccc(N2c3ccc(Br)cc3Oc3cc(Br)ccc32)c(C)c1. The number of halogens is 2. The molecule has 0 bridgehead atoms. The van der Waals surface area contributed by atoms with Crippen LogP contribution >= 0.6 is 31.9 Å². The first kappa shape index (κ1) is 15.7. The molecule has 3 aromatic rings. The molecule has 1 aliphatic heterocycles. The molecule has 0 aromatic heterocycles. The average molecular weight is 445 g/mol. The average Bonchev–Trinajstić information content (AvgIpc) is 2.53. The molecule has 0 aliphatic carbocycles. The van der Waals surface area contributed by atoms with E-state index in [1.807, 2.05) is 24.3 Å². The van der Waals surface area contributed by atoms with E-state index in [-0.39, 0.29) is 0 Å². The predicted molar refractivity (Wildman–Crippen MR) is 106 cm³/mol. The second kappa shape index (κ2) is 5.94. The molecule has 3 aromatic carbocycles. The highest BCUT2D eigenvalue weighted by atomic mass is 79.9. The van der Waals surface area contributed by atoms with Gasteiger partial charge in [-0.3, -0.25) is 0 Å². The van der Waals surface area contributed by atoms with Gasteiger partial charge in [-0.05, 0) is 61.9 Å². The summed E-state index contributed by atoms with van der Waals surface area (Å²) in [5, 5.41) is 0. The van der Waals surface area contributed by atoms with Crippen LogP contribution in [0.15, 0.2) is 63.5 Å². The molecule has 0 saturated carbocycles. The fraction of sp³-hybridized carbons (Fsp3) is 0.100. The Hall–Kier alpha value is -1.78. The van der Waals surface area contributed by atoms with Crippen LogP contribution in [0.5, 0.6) is 11.5 Å². The van der Waals surface area contributed by atoms with Crippen molar-refractivity contribution in [3.8, 4) is 11.5 Å². The van der Waals surface area contributed by atoms with Crippen LogP contribution in [0.1, 0.15) is 11.1 Å². The number of ether oxygens (including phenoxy) is 1. The summed E-state index contributed by atoms with van der Waals surface area (Å²) in [6.45, 7) is 4.26. The molecule has 0 amide bonds. The van der Waals surface area contributed by atoms with E-state index >= 15 is 0 Å². The maximum absolute atomic E-state index is 6.15. The van der Waals surface area contributed by atoms with Gasteiger partial charge in [0.05, 0.1) is 11.4 Å². The topological polar surface area (TPSA) is 12.5 Å². The van der Waals surface area contributed by atoms with Gasteiger partial charge < -0.3 is 9.64 Å². The van der Waals surface area contributed by atoms with Gasteiger partial charge >= 0.3 is 0 Å². The summed E-state index contributed by atoms with van der Waals surface area (Å²) in [7, 11) is 0. The maximum Gasteiger partial charge on any atom is 0.152 e. The van der Waals surface area contributed by atoms with Gasteiger partial charge in [-0.15, -0.1) is 0 Å². The molecule has 1 aliphatic rings. The second-order valence-corrected chi connectivity index (χ2v) is 7.78. The van der Waals surface area contributed by atoms with Crippen LogP contribution in [-0.4, -0.2) is 0 Å². The molecule has 120 valence electrons. The van der Waals surface area contributed by atoms with E-state index in [9.17, 15) is 0 Å². The largest absolute Gasteiger partial charge is 0.453 e. The molecule has 0 radical (unpaired) electrons. The third-order valence-electron chi connectivity index (χ3n) is 4.14. The van der Waals surface area contributed by atoms with E-state index in [4.69, 9.17) is 4.74 Å². The van der Waals surface area contributed by atoms with E-state index in [1.165, 1.54) is 11.1 Å². The van der Waals surface area contributed by atoms with Crippen LogP contribution in [0.25, 0.3) is 0 Å². The smallest absolute Gasteiger partial charge is 0.152 e. The van der Waals surface area contributed by atoms with Gasteiger partial charge in [-0.2, -0.15) is 0 Å². The van der Waals surface area contributed by atoms with Crippen molar-refractivity contribution < 1.29 is 4.74 Å². The van der Waals surface area contributed by atoms with Crippen LogP contribution in [-0.2, 0) is 0 Å². The third kappa shape index (κ3) is 2.64. The Balaban J connectivity index is 1.99. The van der Waals surface area contributed by atoms with Crippen molar-refractivity contribution in [1.82, 2.24) is 0 Å². The molecule has 0 saturated heterocycles. The Morgan fingerprint density at radius 2 is 1.25 bits per heavy atom. The zero-order valence-electron chi connectivity index (χ0n) is 13.3. The zero-order valence-corrected chi connectivity index (χ0v) is 16.5. The molecule has 2 nitrogen and oxygen atoms in total. The minimum Gasteiger partial charge on any atom is -0.453 e. The van der Waals surface area contributed by atoms with Gasteiger partial charge in [0.1, 0.15) is 0 Å². The summed E-state index contributed by atoms with van der Waals surface area (Å²) in [6.07, 6.45) is 0. The summed E-state index contributed by atoms with van der Waals surface area (Å²) >= 11 is 7.07. The molecule has 0 N–H and O–H groups in total. The summed E-state index contributed by atoms with van der Waals surface area (Å²) in [4.78, 5) is 2.27. The van der Waals surface area contributed by atoms with Gasteiger partial charge in [0.2, 0.25) is 0 Å². The summed E-state index contributed by atoms with van der Waals surface area (Å²) in [5.74, 6) is 1.69. The minimum absolute atomic E-state index is 0.843. The van der Waals surface area contributed by atoms with Crippen molar-refractivity contribution in [3.63, 3.8) is 0 Å². The maximum atomic E-state index is 6.15. The second-order valence-electron chi connectivity index (χ2n) is 5.95. The van der Waals surface area contributed by atoms with Gasteiger partial charge in [0.15, 0.2) is 11.5 Å². The third-order valence-corrected chi connectivity index (χ3v) is 5.13. The van der Waals surface area contributed by atoms with Crippen molar-refractivity contribution in [2.45, 2.75) is 13.8 Å². The summed E-state index contributed by atoms with van der Waals surface area (Å²) in [5.41, 5.74) is 5.74. The number of nitrogens with zero attached hydrogens (tertiary/aromatic N) is 1. The lowest BCUT2D eigenvalue weighted by Gasteiger charge is -2.34. The number of benzene rings is 3. The highest BCUT2D eigenvalue weighted by Gasteiger charge is 2.27. The Morgan fingerprint density at radius 3 is 1.79 bits per heavy atom. The Bertz CT molecular complexity index is 886. The number of hydrogen-bond donors (Lipinski definition) is 0. The van der Waals surface area contributed by atoms with Crippen LogP contribution in [0.4, 0.5) is 17.1 Å². The van der Waals surface area contributed by atoms with E-state index in [1.54, 1.807) is 0 Å². The number of fused-ring (bicyclic) bond motifs is 2. The van der Waals surface area contributed by atoms with Crippen LogP contribution in [0.3, 0.4) is 0 Å². The van der Waals surface area contributed by atoms with Gasteiger partial charge in [-0.25, -0.2) is 0 Å². The van der Waals surface area contributed by atoms with Crippen LogP contribution < -0.4 is 9.64 Å². The molecule has 24 heavy (non-hydrogen) atoms. The minimum atomic E-state index is 0.843. The van der Waals surface area contributed by atoms with Gasteiger partial charge in [0, 0.05) is 14.6 Å². The molecule has 0 spiro atoms. The van der Waals surface area contributed by atoms with Crippen LogP contribution in [0.2, 0.25) is 0 Å². The summed E-state index contributed by atoms with van der Waals surface area (Å²) < 4.78 is 8.15. The predicted octanol–water partition coefficient (Wildman–Crippen LogP) is 7.40. The first-order valence-corrected chi connectivity index (χ1v) is 9.26. The number of anilines is 3. The molecule has 4 rings (SSSR count). The molecular weight excluding hydrogens is 430 g/mol. The molecule has 0 unspecified atom stereocenters. The Labute approximate surface area is 158 Å². The Kier molecular flexibility index (Phi) is 3.89.